The van der Waals surface area contributed by atoms with Crippen molar-refractivity contribution in [1.29, 1.82) is 0 Å². The molecule has 0 fully saturated rings. The van der Waals surface area contributed by atoms with E-state index in [9.17, 15) is 8.42 Å². The number of sulfonamides is 1. The Bertz CT molecular complexity index is 388. The SMILES string of the molecule is CCNS(=O)(=O)c1ccnc(N)c1. The summed E-state index contributed by atoms with van der Waals surface area (Å²) in [5.74, 6) is 0.193. The third kappa shape index (κ3) is 2.40. The summed E-state index contributed by atoms with van der Waals surface area (Å²) in [5, 5.41) is 0. The van der Waals surface area contributed by atoms with Crippen molar-refractivity contribution in [2.75, 3.05) is 12.3 Å². The summed E-state index contributed by atoms with van der Waals surface area (Å²) in [5.41, 5.74) is 5.35. The van der Waals surface area contributed by atoms with Crippen molar-refractivity contribution in [1.82, 2.24) is 9.71 Å². The molecule has 3 N–H and O–H groups in total. The first kappa shape index (κ1) is 9.94. The molecule has 0 aromatic carbocycles. The molecule has 1 aromatic rings. The van der Waals surface area contributed by atoms with Crippen LogP contribution in [0.4, 0.5) is 5.82 Å². The Labute approximate surface area is 77.0 Å². The van der Waals surface area contributed by atoms with Gasteiger partial charge in [-0.25, -0.2) is 18.1 Å². The maximum Gasteiger partial charge on any atom is 0.240 e. The summed E-state index contributed by atoms with van der Waals surface area (Å²) >= 11 is 0. The standard InChI is InChI=1S/C7H11N3O2S/c1-2-10-13(11,12)6-3-4-9-7(8)5-6/h3-5,10H,2H2,1H3,(H2,8,9). The smallest absolute Gasteiger partial charge is 0.240 e. The molecule has 0 radical (unpaired) electrons. The van der Waals surface area contributed by atoms with E-state index in [4.69, 9.17) is 5.73 Å². The quantitative estimate of drug-likeness (QED) is 0.718. The number of rotatable bonds is 3. The highest BCUT2D eigenvalue weighted by molar-refractivity contribution is 7.89. The van der Waals surface area contributed by atoms with E-state index in [2.05, 4.69) is 9.71 Å². The molecule has 0 bridgehead atoms. The van der Waals surface area contributed by atoms with Crippen LogP contribution in [0.3, 0.4) is 0 Å². The van der Waals surface area contributed by atoms with Crippen molar-refractivity contribution < 1.29 is 8.42 Å². The molecule has 13 heavy (non-hydrogen) atoms. The molecule has 0 amide bonds. The van der Waals surface area contributed by atoms with Gasteiger partial charge in [-0.15, -0.1) is 0 Å². The van der Waals surface area contributed by atoms with Crippen molar-refractivity contribution in [3.8, 4) is 0 Å². The van der Waals surface area contributed by atoms with Gasteiger partial charge in [-0.1, -0.05) is 6.92 Å². The van der Waals surface area contributed by atoms with Crippen LogP contribution < -0.4 is 10.5 Å². The highest BCUT2D eigenvalue weighted by Gasteiger charge is 2.11. The van der Waals surface area contributed by atoms with E-state index in [1.165, 1.54) is 18.3 Å². The van der Waals surface area contributed by atoms with Gasteiger partial charge in [0.1, 0.15) is 5.82 Å². The van der Waals surface area contributed by atoms with Gasteiger partial charge >= 0.3 is 0 Å². The van der Waals surface area contributed by atoms with Crippen LogP contribution in [-0.2, 0) is 10.0 Å². The first-order valence-corrected chi connectivity index (χ1v) is 5.26. The van der Waals surface area contributed by atoms with Crippen LogP contribution in [0.2, 0.25) is 0 Å². The lowest BCUT2D eigenvalue weighted by atomic mass is 10.5. The van der Waals surface area contributed by atoms with Crippen LogP contribution >= 0.6 is 0 Å². The van der Waals surface area contributed by atoms with Crippen LogP contribution in [0.5, 0.6) is 0 Å². The third-order valence-corrected chi connectivity index (χ3v) is 2.94. The Morgan fingerprint density at radius 1 is 1.62 bits per heavy atom. The lowest BCUT2D eigenvalue weighted by molar-refractivity contribution is 0.584. The molecule has 0 aliphatic heterocycles. The molecule has 72 valence electrons. The minimum atomic E-state index is -3.40. The second-order valence-corrected chi connectivity index (χ2v) is 4.18. The molecular formula is C7H11N3O2S. The lowest BCUT2D eigenvalue weighted by Crippen LogP contribution is -2.23. The first-order chi connectivity index (χ1) is 6.06. The summed E-state index contributed by atoms with van der Waals surface area (Å²) in [6.07, 6.45) is 1.36. The number of aromatic nitrogens is 1. The molecule has 1 heterocycles. The minimum absolute atomic E-state index is 0.141. The average molecular weight is 201 g/mol. The van der Waals surface area contributed by atoms with E-state index in [0.717, 1.165) is 0 Å². The average Bonchev–Trinajstić information content (AvgIpc) is 2.04. The van der Waals surface area contributed by atoms with Crippen molar-refractivity contribution in [3.63, 3.8) is 0 Å². The topological polar surface area (TPSA) is 85.1 Å². The van der Waals surface area contributed by atoms with E-state index in [-0.39, 0.29) is 10.7 Å². The summed E-state index contributed by atoms with van der Waals surface area (Å²) in [7, 11) is -3.40. The fraction of sp³-hybridized carbons (Fsp3) is 0.286. The second-order valence-electron chi connectivity index (χ2n) is 2.42. The van der Waals surface area contributed by atoms with Gasteiger partial charge in [-0.05, 0) is 6.07 Å². The van der Waals surface area contributed by atoms with Gasteiger partial charge in [0.15, 0.2) is 0 Å². The molecule has 0 saturated carbocycles. The molecule has 0 aliphatic carbocycles. The minimum Gasteiger partial charge on any atom is -0.384 e. The number of nitrogens with zero attached hydrogens (tertiary/aromatic N) is 1. The Balaban J connectivity index is 3.08. The van der Waals surface area contributed by atoms with Crippen molar-refractivity contribution in [2.45, 2.75) is 11.8 Å². The van der Waals surface area contributed by atoms with Crippen LogP contribution in [0, 0.1) is 0 Å². The van der Waals surface area contributed by atoms with Gasteiger partial charge < -0.3 is 5.73 Å². The van der Waals surface area contributed by atoms with Crippen LogP contribution in [0.25, 0.3) is 0 Å². The third-order valence-electron chi connectivity index (χ3n) is 1.40. The monoisotopic (exact) mass is 201 g/mol. The van der Waals surface area contributed by atoms with Crippen LogP contribution in [0.15, 0.2) is 23.2 Å². The Hall–Kier alpha value is -1.14. The second kappa shape index (κ2) is 3.71. The van der Waals surface area contributed by atoms with E-state index in [1.807, 2.05) is 0 Å². The maximum atomic E-state index is 11.4. The van der Waals surface area contributed by atoms with Gasteiger partial charge in [-0.2, -0.15) is 0 Å². The maximum absolute atomic E-state index is 11.4. The van der Waals surface area contributed by atoms with E-state index in [1.54, 1.807) is 6.92 Å². The zero-order valence-corrected chi connectivity index (χ0v) is 8.00. The van der Waals surface area contributed by atoms with Gasteiger partial charge in [0.2, 0.25) is 10.0 Å². The lowest BCUT2D eigenvalue weighted by Gasteiger charge is -2.03. The number of nitrogens with one attached hydrogen (secondary N) is 1. The molecule has 0 unspecified atom stereocenters. The number of anilines is 1. The van der Waals surface area contributed by atoms with Crippen molar-refractivity contribution in [2.24, 2.45) is 0 Å². The van der Waals surface area contributed by atoms with Gasteiger partial charge in [0.05, 0.1) is 4.90 Å². The first-order valence-electron chi connectivity index (χ1n) is 3.77. The number of hydrogen-bond acceptors (Lipinski definition) is 4. The van der Waals surface area contributed by atoms with Gasteiger partial charge in [-0.3, -0.25) is 0 Å². The number of nitrogen functional groups attached to an aromatic ring is 1. The normalized spacial score (nSPS) is 11.5. The zero-order chi connectivity index (χ0) is 9.90. The Kier molecular flexibility index (Phi) is 2.84. The molecule has 5 nitrogen and oxygen atoms in total. The molecule has 1 rings (SSSR count). The van der Waals surface area contributed by atoms with E-state index in [0.29, 0.717) is 6.54 Å². The van der Waals surface area contributed by atoms with Crippen molar-refractivity contribution >= 4 is 15.8 Å². The van der Waals surface area contributed by atoms with Crippen LogP contribution in [-0.4, -0.2) is 19.9 Å². The number of pyridine rings is 1. The fourth-order valence-electron chi connectivity index (χ4n) is 0.868. The molecule has 6 heteroatoms. The van der Waals surface area contributed by atoms with Gasteiger partial charge in [0, 0.05) is 18.8 Å². The van der Waals surface area contributed by atoms with Gasteiger partial charge in [0.25, 0.3) is 0 Å². The molecule has 1 aromatic heterocycles. The molecule has 0 spiro atoms. The summed E-state index contributed by atoms with van der Waals surface area (Å²) in [6, 6.07) is 2.71. The van der Waals surface area contributed by atoms with E-state index >= 15 is 0 Å². The van der Waals surface area contributed by atoms with E-state index < -0.39 is 10.0 Å². The summed E-state index contributed by atoms with van der Waals surface area (Å²) in [4.78, 5) is 3.84. The Morgan fingerprint density at radius 2 is 2.31 bits per heavy atom. The van der Waals surface area contributed by atoms with Crippen molar-refractivity contribution in [3.05, 3.63) is 18.3 Å². The highest BCUT2D eigenvalue weighted by atomic mass is 32.2. The molecule has 0 aliphatic rings. The highest BCUT2D eigenvalue weighted by Crippen LogP contribution is 2.09. The summed E-state index contributed by atoms with van der Waals surface area (Å²) in [6.45, 7) is 2.06. The Morgan fingerprint density at radius 3 is 2.85 bits per heavy atom. The fourth-order valence-corrected chi connectivity index (χ4v) is 1.93. The van der Waals surface area contributed by atoms with Crippen LogP contribution in [0.1, 0.15) is 6.92 Å². The number of hydrogen-bond donors (Lipinski definition) is 2. The molecule has 0 atom stereocenters. The molecular weight excluding hydrogens is 190 g/mol. The molecule has 0 saturated heterocycles. The largest absolute Gasteiger partial charge is 0.384 e. The predicted octanol–water partition coefficient (Wildman–Crippen LogP) is -0.0380. The summed E-state index contributed by atoms with van der Waals surface area (Å²) < 4.78 is 25.1. The predicted molar refractivity (Wildman–Crippen MR) is 49.5 cm³/mol. The zero-order valence-electron chi connectivity index (χ0n) is 7.19. The number of nitrogens with two attached hydrogens (primary N) is 1.